The number of allylic oxidation sites excluding steroid dienone is 3. The van der Waals surface area contributed by atoms with Gasteiger partial charge in [-0.05, 0) is 68.3 Å². The molecule has 2 atom stereocenters. The number of benzene rings is 2. The van der Waals surface area contributed by atoms with Crippen molar-refractivity contribution in [3.63, 3.8) is 0 Å². The number of hydrogen-bond acceptors (Lipinski definition) is 7. The molecule has 0 aromatic heterocycles. The third-order valence-electron chi connectivity index (χ3n) is 6.99. The Kier molecular flexibility index (Phi) is 7.69. The third-order valence-corrected chi connectivity index (χ3v) is 6.99. The molecule has 2 aliphatic rings. The molecule has 0 radical (unpaired) electrons. The van der Waals surface area contributed by atoms with Crippen molar-refractivity contribution in [2.75, 3.05) is 14.2 Å². The number of ether oxygens (including phenoxy) is 4. The van der Waals surface area contributed by atoms with Crippen molar-refractivity contribution in [1.29, 1.82) is 0 Å². The van der Waals surface area contributed by atoms with Crippen molar-refractivity contribution < 1.29 is 34.0 Å². The summed E-state index contributed by atoms with van der Waals surface area (Å²) in [5.41, 5.74) is 2.18. The normalized spacial score (nSPS) is 22.5. The molecule has 0 bridgehead atoms. The Morgan fingerprint density at radius 2 is 1.63 bits per heavy atom. The number of phenolic OH excluding ortho intramolecular Hbond substituents is 1. The number of carbonyl (C=O) groups is 1. The van der Waals surface area contributed by atoms with E-state index in [2.05, 4.69) is 26.8 Å². The highest BCUT2D eigenvalue weighted by molar-refractivity contribution is 6.02. The molecule has 7 nitrogen and oxygen atoms in total. The van der Waals surface area contributed by atoms with Gasteiger partial charge in [0, 0.05) is 18.9 Å². The number of aliphatic hydroxyl groups excluding tert-OH is 1. The summed E-state index contributed by atoms with van der Waals surface area (Å²) in [6.07, 6.45) is 10.8. The molecule has 1 spiro atoms. The molecule has 38 heavy (non-hydrogen) atoms. The van der Waals surface area contributed by atoms with Gasteiger partial charge in [0.15, 0.2) is 28.8 Å². The van der Waals surface area contributed by atoms with E-state index in [-0.39, 0.29) is 28.8 Å². The smallest absolute Gasteiger partial charge is 0.182 e. The van der Waals surface area contributed by atoms with Crippen molar-refractivity contribution in [2.45, 2.75) is 50.9 Å². The highest BCUT2D eigenvalue weighted by Gasteiger charge is 2.69. The summed E-state index contributed by atoms with van der Waals surface area (Å²) in [4.78, 5) is 12.2. The van der Waals surface area contributed by atoms with Gasteiger partial charge in [0.2, 0.25) is 0 Å². The van der Waals surface area contributed by atoms with Gasteiger partial charge in [-0.1, -0.05) is 35.9 Å². The van der Waals surface area contributed by atoms with E-state index >= 15 is 0 Å². The van der Waals surface area contributed by atoms with E-state index in [9.17, 15) is 15.0 Å². The van der Waals surface area contributed by atoms with Crippen LogP contribution in [0.4, 0.5) is 0 Å². The van der Waals surface area contributed by atoms with Crippen molar-refractivity contribution in [1.82, 2.24) is 0 Å². The van der Waals surface area contributed by atoms with Crippen LogP contribution in [0.1, 0.15) is 44.7 Å². The number of carbonyl (C=O) groups excluding carboxylic acids is 1. The molecule has 1 aliphatic carbocycles. The first-order valence-electron chi connectivity index (χ1n) is 12.4. The molecule has 0 saturated carbocycles. The molecule has 0 amide bonds. The first-order valence-corrected chi connectivity index (χ1v) is 12.4. The number of rotatable bonds is 9. The maximum atomic E-state index is 12.2. The number of aliphatic hydroxyl groups is 1. The van der Waals surface area contributed by atoms with E-state index in [1.807, 2.05) is 18.2 Å². The predicted octanol–water partition coefficient (Wildman–Crippen LogP) is 6.18. The third kappa shape index (κ3) is 5.78. The van der Waals surface area contributed by atoms with Crippen LogP contribution in [0.5, 0.6) is 23.0 Å². The predicted molar refractivity (Wildman–Crippen MR) is 147 cm³/mol. The molecule has 1 saturated heterocycles. The Hall–Kier alpha value is -3.97. The lowest BCUT2D eigenvalue weighted by molar-refractivity contribution is -0.110. The van der Waals surface area contributed by atoms with E-state index in [0.717, 1.165) is 24.5 Å². The number of phenols is 1. The van der Waals surface area contributed by atoms with E-state index in [1.165, 1.54) is 30.9 Å². The van der Waals surface area contributed by atoms with Gasteiger partial charge in [-0.25, -0.2) is 0 Å². The maximum Gasteiger partial charge on any atom is 0.182 e. The quantitative estimate of drug-likeness (QED) is 0.134. The van der Waals surface area contributed by atoms with Crippen molar-refractivity contribution in [2.24, 2.45) is 0 Å². The molecule has 7 heteroatoms. The van der Waals surface area contributed by atoms with Crippen LogP contribution in [0.25, 0.3) is 12.2 Å². The lowest BCUT2D eigenvalue weighted by Gasteiger charge is -2.31. The highest BCUT2D eigenvalue weighted by Crippen LogP contribution is 2.57. The second kappa shape index (κ2) is 10.8. The van der Waals surface area contributed by atoms with Gasteiger partial charge in [0.05, 0.1) is 19.8 Å². The van der Waals surface area contributed by atoms with Crippen molar-refractivity contribution >= 4 is 17.9 Å². The Morgan fingerprint density at radius 1 is 1.00 bits per heavy atom. The van der Waals surface area contributed by atoms with Gasteiger partial charge >= 0.3 is 0 Å². The van der Waals surface area contributed by atoms with E-state index < -0.39 is 5.78 Å². The zero-order chi connectivity index (χ0) is 27.5. The molecule has 2 aromatic carbocycles. The van der Waals surface area contributed by atoms with Crippen LogP contribution in [0.15, 0.2) is 72.0 Å². The zero-order valence-corrected chi connectivity index (χ0v) is 22.4. The minimum Gasteiger partial charge on any atom is -0.508 e. The Labute approximate surface area is 223 Å². The molecule has 1 fully saturated rings. The molecule has 4 rings (SSSR count). The lowest BCUT2D eigenvalue weighted by atomic mass is 9.79. The zero-order valence-electron chi connectivity index (χ0n) is 22.4. The van der Waals surface area contributed by atoms with Crippen molar-refractivity contribution in [3.8, 4) is 23.0 Å². The first-order chi connectivity index (χ1) is 18.1. The second-order valence-corrected chi connectivity index (χ2v) is 10.1. The van der Waals surface area contributed by atoms with E-state index in [1.54, 1.807) is 31.4 Å². The SMILES string of the molecule is COc1cc(C=CC(=O)C=C(O)C=Cc2ccc(O[C@H]3CC=C(C)C[C@@]34OC4(C)C)c(OC)c2)ccc1O. The van der Waals surface area contributed by atoms with Gasteiger partial charge in [-0.15, -0.1) is 0 Å². The van der Waals surface area contributed by atoms with Crippen LogP contribution in [-0.4, -0.2) is 47.5 Å². The van der Waals surface area contributed by atoms with Gasteiger partial charge < -0.3 is 29.2 Å². The summed E-state index contributed by atoms with van der Waals surface area (Å²) in [6.45, 7) is 6.31. The average molecular weight is 519 g/mol. The minimum absolute atomic E-state index is 0.0147. The molecular formula is C31H34O7. The Morgan fingerprint density at radius 3 is 2.29 bits per heavy atom. The molecule has 1 aliphatic heterocycles. The largest absolute Gasteiger partial charge is 0.508 e. The van der Waals surface area contributed by atoms with Crippen LogP contribution in [0.3, 0.4) is 0 Å². The summed E-state index contributed by atoms with van der Waals surface area (Å²) in [5, 5.41) is 19.9. The van der Waals surface area contributed by atoms with Gasteiger partial charge in [-0.3, -0.25) is 4.79 Å². The molecule has 1 heterocycles. The van der Waals surface area contributed by atoms with Crippen LogP contribution in [0.2, 0.25) is 0 Å². The Balaban J connectivity index is 1.42. The fourth-order valence-corrected chi connectivity index (χ4v) is 4.81. The fraction of sp³-hybridized carbons (Fsp3) is 0.323. The fourth-order valence-electron chi connectivity index (χ4n) is 4.81. The summed E-state index contributed by atoms with van der Waals surface area (Å²) in [7, 11) is 3.03. The monoisotopic (exact) mass is 518 g/mol. The van der Waals surface area contributed by atoms with Crippen molar-refractivity contribution in [3.05, 3.63) is 83.2 Å². The molecule has 2 aromatic rings. The maximum absolute atomic E-state index is 12.2. The van der Waals surface area contributed by atoms with Crippen LogP contribution in [0, 0.1) is 0 Å². The topological polar surface area (TPSA) is 97.8 Å². The van der Waals surface area contributed by atoms with E-state index in [4.69, 9.17) is 18.9 Å². The standard InChI is InChI=1S/C31H34O7/c1-20-6-15-29(31(19-20)30(2,3)38-31)37-26-14-10-22(17-28(26)36-5)8-12-24(33)18-23(32)11-7-21-9-13-25(34)27(16-21)35-4/h6-14,16-18,29,33-34H,15,19H2,1-5H3/t29-,31+/m0/s1. The van der Waals surface area contributed by atoms with Gasteiger partial charge in [0.1, 0.15) is 17.5 Å². The Bertz CT molecular complexity index is 1330. The minimum atomic E-state index is -0.392. The number of methoxy groups -OCH3 is 2. The number of ketones is 1. The lowest BCUT2D eigenvalue weighted by Crippen LogP contribution is -2.41. The first kappa shape index (κ1) is 27.1. The highest BCUT2D eigenvalue weighted by atomic mass is 16.7. The number of aromatic hydroxyl groups is 1. The van der Waals surface area contributed by atoms with Gasteiger partial charge in [0.25, 0.3) is 0 Å². The number of hydrogen-bond donors (Lipinski definition) is 2. The summed E-state index contributed by atoms with van der Waals surface area (Å²) < 4.78 is 23.2. The average Bonchev–Trinajstić information content (AvgIpc) is 3.43. The van der Waals surface area contributed by atoms with Crippen LogP contribution in [-0.2, 0) is 9.53 Å². The number of epoxide rings is 1. The van der Waals surface area contributed by atoms with E-state index in [0.29, 0.717) is 22.8 Å². The molecular weight excluding hydrogens is 484 g/mol. The molecule has 2 N–H and O–H groups in total. The second-order valence-electron chi connectivity index (χ2n) is 10.1. The summed E-state index contributed by atoms with van der Waals surface area (Å²) in [6, 6.07) is 10.2. The molecule has 0 unspecified atom stereocenters. The summed E-state index contributed by atoms with van der Waals surface area (Å²) >= 11 is 0. The van der Waals surface area contributed by atoms with Gasteiger partial charge in [-0.2, -0.15) is 0 Å². The van der Waals surface area contributed by atoms with Crippen LogP contribution >= 0.6 is 0 Å². The van der Waals surface area contributed by atoms with Crippen LogP contribution < -0.4 is 14.2 Å². The summed E-state index contributed by atoms with van der Waals surface area (Å²) in [5.74, 6) is 0.930. The molecule has 200 valence electrons.